The first-order chi connectivity index (χ1) is 13.6. The number of benzene rings is 2. The maximum Gasteiger partial charge on any atom is 0.259 e. The normalized spacial score (nSPS) is 10.8. The molecule has 3 rings (SSSR count). The molecule has 144 valence electrons. The number of nitrogens with zero attached hydrogens (tertiary/aromatic N) is 3. The second kappa shape index (κ2) is 9.05. The Labute approximate surface area is 168 Å². The zero-order valence-electron chi connectivity index (χ0n) is 15.5. The van der Waals surface area contributed by atoms with Gasteiger partial charge in [-0.2, -0.15) is 10.2 Å². The summed E-state index contributed by atoms with van der Waals surface area (Å²) in [6, 6.07) is 16.9. The number of rotatable bonds is 7. The van der Waals surface area contributed by atoms with Crippen LogP contribution in [0.25, 0.3) is 5.69 Å². The molecule has 0 bridgehead atoms. The molecule has 28 heavy (non-hydrogen) atoms. The third kappa shape index (κ3) is 4.50. The molecule has 0 saturated carbocycles. The van der Waals surface area contributed by atoms with E-state index < -0.39 is 0 Å². The van der Waals surface area contributed by atoms with Gasteiger partial charge < -0.3 is 10.1 Å². The van der Waals surface area contributed by atoms with E-state index in [0.29, 0.717) is 22.2 Å². The van der Waals surface area contributed by atoms with Crippen LogP contribution in [0.15, 0.2) is 59.7 Å². The Morgan fingerprint density at radius 3 is 2.68 bits per heavy atom. The fraction of sp³-hybridized carbons (Fsp3) is 0.150. The van der Waals surface area contributed by atoms with Crippen molar-refractivity contribution in [2.24, 2.45) is 5.10 Å². The van der Waals surface area contributed by atoms with Crippen LogP contribution in [0, 0.1) is 6.92 Å². The zero-order valence-corrected chi connectivity index (χ0v) is 16.3. The fourth-order valence-corrected chi connectivity index (χ4v) is 2.89. The minimum atomic E-state index is -0.300. The summed E-state index contributed by atoms with van der Waals surface area (Å²) in [6.07, 6.45) is 1.49. The number of hydrogen-bond acceptors (Lipinski definition) is 5. The summed E-state index contributed by atoms with van der Waals surface area (Å²) in [7, 11) is 1.58. The highest BCUT2D eigenvalue weighted by Gasteiger charge is 2.13. The Morgan fingerprint density at radius 1 is 1.21 bits per heavy atom. The lowest BCUT2D eigenvalue weighted by atomic mass is 10.3. The lowest BCUT2D eigenvalue weighted by Gasteiger charge is -2.09. The molecule has 1 amide bonds. The van der Waals surface area contributed by atoms with Gasteiger partial charge in [0, 0.05) is 0 Å². The molecule has 8 heteroatoms. The number of carbonyl (C=O) groups is 1. The van der Waals surface area contributed by atoms with Crippen molar-refractivity contribution in [3.63, 3.8) is 0 Å². The van der Waals surface area contributed by atoms with Gasteiger partial charge >= 0.3 is 0 Å². The van der Waals surface area contributed by atoms with Crippen LogP contribution in [0.2, 0.25) is 5.15 Å². The third-order valence-corrected chi connectivity index (χ3v) is 4.34. The molecule has 0 saturated heterocycles. The SMILES string of the molecule is COc1ccccc1NCC(=O)N/N=C/c1c(C)nn(-c2ccccc2)c1Cl. The number of anilines is 1. The van der Waals surface area contributed by atoms with Gasteiger partial charge in [-0.05, 0) is 31.2 Å². The molecule has 0 aliphatic carbocycles. The Kier molecular flexibility index (Phi) is 6.29. The van der Waals surface area contributed by atoms with Crippen molar-refractivity contribution in [3.05, 3.63) is 71.0 Å². The first-order valence-electron chi connectivity index (χ1n) is 8.59. The molecule has 0 aliphatic rings. The molecule has 7 nitrogen and oxygen atoms in total. The number of para-hydroxylation sites is 3. The van der Waals surface area contributed by atoms with E-state index in [1.165, 1.54) is 6.21 Å². The van der Waals surface area contributed by atoms with Gasteiger partial charge in [0.15, 0.2) is 0 Å². The molecule has 0 unspecified atom stereocenters. The van der Waals surface area contributed by atoms with Gasteiger partial charge in [-0.15, -0.1) is 0 Å². The van der Waals surface area contributed by atoms with Crippen LogP contribution in [0.1, 0.15) is 11.3 Å². The summed E-state index contributed by atoms with van der Waals surface area (Å²) in [5.41, 5.74) is 5.40. The number of ether oxygens (including phenoxy) is 1. The minimum Gasteiger partial charge on any atom is -0.495 e. The number of amides is 1. The van der Waals surface area contributed by atoms with E-state index in [1.807, 2.05) is 61.5 Å². The molecule has 0 atom stereocenters. The van der Waals surface area contributed by atoms with Crippen molar-refractivity contribution in [3.8, 4) is 11.4 Å². The number of hydrazone groups is 1. The Balaban J connectivity index is 1.62. The molecule has 3 aromatic rings. The first kappa shape index (κ1) is 19.4. The molecule has 2 N–H and O–H groups in total. The topological polar surface area (TPSA) is 80.5 Å². The van der Waals surface area contributed by atoms with E-state index in [0.717, 1.165) is 11.4 Å². The number of aromatic nitrogens is 2. The molecule has 0 fully saturated rings. The summed E-state index contributed by atoms with van der Waals surface area (Å²) >= 11 is 6.42. The fourth-order valence-electron chi connectivity index (χ4n) is 2.57. The van der Waals surface area contributed by atoms with Gasteiger partial charge in [0.05, 0.1) is 42.5 Å². The highest BCUT2D eigenvalue weighted by Crippen LogP contribution is 2.23. The largest absolute Gasteiger partial charge is 0.495 e. The predicted octanol–water partition coefficient (Wildman–Crippen LogP) is 3.40. The summed E-state index contributed by atoms with van der Waals surface area (Å²) in [4.78, 5) is 12.0. The van der Waals surface area contributed by atoms with E-state index in [1.54, 1.807) is 11.8 Å². The van der Waals surface area contributed by atoms with Crippen LogP contribution in [-0.4, -0.2) is 35.6 Å². The van der Waals surface area contributed by atoms with E-state index in [2.05, 4.69) is 20.9 Å². The van der Waals surface area contributed by atoms with Crippen molar-refractivity contribution >= 4 is 29.4 Å². The number of halogens is 1. The quantitative estimate of drug-likeness (QED) is 0.473. The maximum absolute atomic E-state index is 12.0. The van der Waals surface area contributed by atoms with Gasteiger partial charge in [-0.3, -0.25) is 4.79 Å². The number of methoxy groups -OCH3 is 1. The molecule has 2 aromatic carbocycles. The summed E-state index contributed by atoms with van der Waals surface area (Å²) < 4.78 is 6.86. The molecule has 0 radical (unpaired) electrons. The zero-order chi connectivity index (χ0) is 19.9. The number of hydrogen-bond donors (Lipinski definition) is 2. The van der Waals surface area contributed by atoms with Gasteiger partial charge in [0.1, 0.15) is 10.9 Å². The number of carbonyl (C=O) groups excluding carboxylic acids is 1. The van der Waals surface area contributed by atoms with Crippen LogP contribution in [-0.2, 0) is 4.79 Å². The van der Waals surface area contributed by atoms with Crippen molar-refractivity contribution in [2.75, 3.05) is 19.0 Å². The lowest BCUT2D eigenvalue weighted by molar-refractivity contribution is -0.119. The predicted molar refractivity (Wildman–Crippen MR) is 111 cm³/mol. The Hall–Kier alpha value is -3.32. The highest BCUT2D eigenvalue weighted by molar-refractivity contribution is 6.32. The lowest BCUT2D eigenvalue weighted by Crippen LogP contribution is -2.26. The average molecular weight is 398 g/mol. The van der Waals surface area contributed by atoms with Crippen molar-refractivity contribution < 1.29 is 9.53 Å². The van der Waals surface area contributed by atoms with E-state index >= 15 is 0 Å². The monoisotopic (exact) mass is 397 g/mol. The average Bonchev–Trinajstić information content (AvgIpc) is 3.01. The van der Waals surface area contributed by atoms with Crippen molar-refractivity contribution in [2.45, 2.75) is 6.92 Å². The maximum atomic E-state index is 12.0. The summed E-state index contributed by atoms with van der Waals surface area (Å²) in [5.74, 6) is 0.362. The molecule has 1 aromatic heterocycles. The first-order valence-corrected chi connectivity index (χ1v) is 8.97. The van der Waals surface area contributed by atoms with Gasteiger partial charge in [-0.25, -0.2) is 10.1 Å². The van der Waals surface area contributed by atoms with E-state index in [9.17, 15) is 4.79 Å². The van der Waals surface area contributed by atoms with Gasteiger partial charge in [-0.1, -0.05) is 41.9 Å². The van der Waals surface area contributed by atoms with Gasteiger partial charge in [0.25, 0.3) is 5.91 Å². The molecule has 0 spiro atoms. The van der Waals surface area contributed by atoms with E-state index in [-0.39, 0.29) is 12.5 Å². The third-order valence-electron chi connectivity index (χ3n) is 3.98. The van der Waals surface area contributed by atoms with E-state index in [4.69, 9.17) is 16.3 Å². The smallest absolute Gasteiger partial charge is 0.259 e. The van der Waals surface area contributed by atoms with Crippen molar-refractivity contribution in [1.29, 1.82) is 0 Å². The van der Waals surface area contributed by atoms with Crippen LogP contribution in [0.5, 0.6) is 5.75 Å². The molecular weight excluding hydrogens is 378 g/mol. The molecular formula is C20H20ClN5O2. The second-order valence-electron chi connectivity index (χ2n) is 5.88. The van der Waals surface area contributed by atoms with Crippen LogP contribution in [0.3, 0.4) is 0 Å². The van der Waals surface area contributed by atoms with Crippen molar-refractivity contribution in [1.82, 2.24) is 15.2 Å². The Bertz CT molecular complexity index is 986. The number of nitrogens with one attached hydrogen (secondary N) is 2. The van der Waals surface area contributed by atoms with Gasteiger partial charge in [0.2, 0.25) is 0 Å². The molecule has 1 heterocycles. The highest BCUT2D eigenvalue weighted by atomic mass is 35.5. The Morgan fingerprint density at radius 2 is 1.93 bits per heavy atom. The number of aryl methyl sites for hydroxylation is 1. The summed E-state index contributed by atoms with van der Waals surface area (Å²) in [6.45, 7) is 1.88. The second-order valence-corrected chi connectivity index (χ2v) is 6.24. The van der Waals surface area contributed by atoms with Crippen LogP contribution in [0.4, 0.5) is 5.69 Å². The minimum absolute atomic E-state index is 0.0493. The van der Waals surface area contributed by atoms with Crippen LogP contribution < -0.4 is 15.5 Å². The summed E-state index contributed by atoms with van der Waals surface area (Å²) in [5, 5.41) is 11.9. The van der Waals surface area contributed by atoms with Crippen LogP contribution >= 0.6 is 11.6 Å². The standard InChI is InChI=1S/C20H20ClN5O2/c1-14-16(20(21)26(25-14)15-8-4-3-5-9-15)12-23-24-19(27)13-22-17-10-6-7-11-18(17)28-2/h3-12,22H,13H2,1-2H3,(H,24,27)/b23-12+. The molecule has 0 aliphatic heterocycles.